The average molecular weight is 261 g/mol. The van der Waals surface area contributed by atoms with Gasteiger partial charge >= 0.3 is 5.97 Å². The summed E-state index contributed by atoms with van der Waals surface area (Å²) < 4.78 is 7.12. The Morgan fingerprint density at radius 3 is 2.95 bits per heavy atom. The van der Waals surface area contributed by atoms with Crippen molar-refractivity contribution in [3.8, 4) is 0 Å². The molecule has 1 atom stereocenters. The fraction of sp³-hybridized carbons (Fsp3) is 0.429. The molecule has 1 aromatic heterocycles. The third kappa shape index (κ3) is 2.70. The molecule has 2 aromatic rings. The molecule has 1 unspecified atom stereocenters. The molecule has 0 aliphatic rings. The largest absolute Gasteiger partial charge is 0.461 e. The Balaban J connectivity index is 2.28. The number of hydrogen-bond donors (Lipinski definition) is 1. The third-order valence-electron chi connectivity index (χ3n) is 3.20. The summed E-state index contributed by atoms with van der Waals surface area (Å²) in [6.45, 7) is 5.89. The second kappa shape index (κ2) is 5.30. The number of aromatic nitrogens is 2. The lowest BCUT2D eigenvalue weighted by Gasteiger charge is -2.12. The molecule has 0 spiro atoms. The molecule has 0 bridgehead atoms. The first-order chi connectivity index (χ1) is 9.02. The van der Waals surface area contributed by atoms with E-state index in [1.54, 1.807) is 6.07 Å². The monoisotopic (exact) mass is 261 g/mol. The smallest absolute Gasteiger partial charge is 0.326 e. The summed E-state index contributed by atoms with van der Waals surface area (Å²) in [5.74, 6) is 0.508. The number of carbonyl (C=O) groups excluding carboxylic acids is 1. The van der Waals surface area contributed by atoms with Crippen molar-refractivity contribution >= 4 is 22.7 Å². The number of benzene rings is 1. The van der Waals surface area contributed by atoms with Gasteiger partial charge in [0.1, 0.15) is 17.9 Å². The first kappa shape index (κ1) is 13.4. The minimum absolute atomic E-state index is 0.0624. The molecule has 0 aliphatic heterocycles. The van der Waals surface area contributed by atoms with Crippen LogP contribution in [0.4, 0.5) is 5.69 Å². The van der Waals surface area contributed by atoms with Crippen molar-refractivity contribution in [3.63, 3.8) is 0 Å². The van der Waals surface area contributed by atoms with E-state index in [4.69, 9.17) is 10.5 Å². The zero-order valence-electron chi connectivity index (χ0n) is 11.5. The fourth-order valence-electron chi connectivity index (χ4n) is 1.96. The van der Waals surface area contributed by atoms with E-state index in [9.17, 15) is 4.79 Å². The van der Waals surface area contributed by atoms with Crippen molar-refractivity contribution < 1.29 is 9.53 Å². The van der Waals surface area contributed by atoms with Gasteiger partial charge in [-0.3, -0.25) is 4.79 Å². The van der Waals surface area contributed by atoms with Crippen molar-refractivity contribution in [3.05, 3.63) is 24.0 Å². The van der Waals surface area contributed by atoms with Gasteiger partial charge in [-0.2, -0.15) is 0 Å². The van der Waals surface area contributed by atoms with Gasteiger partial charge in [-0.25, -0.2) is 4.98 Å². The highest BCUT2D eigenvalue weighted by Gasteiger charge is 2.14. The van der Waals surface area contributed by atoms with Crippen LogP contribution >= 0.6 is 0 Å². The fourth-order valence-corrected chi connectivity index (χ4v) is 1.96. The predicted molar refractivity (Wildman–Crippen MR) is 74.7 cm³/mol. The summed E-state index contributed by atoms with van der Waals surface area (Å²) in [6, 6.07) is 5.56. The van der Waals surface area contributed by atoms with Gasteiger partial charge in [0.25, 0.3) is 0 Å². The second-order valence-corrected chi connectivity index (χ2v) is 4.67. The first-order valence-corrected chi connectivity index (χ1v) is 6.43. The predicted octanol–water partition coefficient (Wildman–Crippen LogP) is 2.27. The van der Waals surface area contributed by atoms with Crippen LogP contribution in [0.25, 0.3) is 11.0 Å². The molecule has 1 heterocycles. The van der Waals surface area contributed by atoms with Gasteiger partial charge < -0.3 is 15.0 Å². The van der Waals surface area contributed by atoms with Crippen molar-refractivity contribution in [1.82, 2.24) is 9.55 Å². The van der Waals surface area contributed by atoms with Gasteiger partial charge in [-0.1, -0.05) is 13.0 Å². The zero-order chi connectivity index (χ0) is 14.0. The van der Waals surface area contributed by atoms with E-state index >= 15 is 0 Å². The van der Waals surface area contributed by atoms with Crippen LogP contribution in [0.15, 0.2) is 18.2 Å². The van der Waals surface area contributed by atoms with Gasteiger partial charge in [0.2, 0.25) is 0 Å². The van der Waals surface area contributed by atoms with Crippen LogP contribution < -0.4 is 5.73 Å². The molecule has 0 amide bonds. The van der Waals surface area contributed by atoms with Gasteiger partial charge in [0, 0.05) is 0 Å². The Kier molecular flexibility index (Phi) is 3.74. The molecular weight excluding hydrogens is 242 g/mol. The Hall–Kier alpha value is -2.04. The van der Waals surface area contributed by atoms with E-state index in [0.29, 0.717) is 5.69 Å². The molecule has 5 heteroatoms. The Morgan fingerprint density at radius 1 is 1.53 bits per heavy atom. The standard InChI is InChI=1S/C14H19N3O2/c1-4-9(2)19-13(18)8-17-10(3)16-14-11(15)6-5-7-12(14)17/h5-7,9H,4,8,15H2,1-3H3. The highest BCUT2D eigenvalue weighted by atomic mass is 16.5. The number of hydrogen-bond acceptors (Lipinski definition) is 4. The molecule has 1 aromatic carbocycles. The minimum atomic E-state index is -0.251. The molecule has 102 valence electrons. The van der Waals surface area contributed by atoms with Crippen LogP contribution in [0.5, 0.6) is 0 Å². The van der Waals surface area contributed by atoms with E-state index in [-0.39, 0.29) is 18.6 Å². The normalized spacial score (nSPS) is 12.6. The summed E-state index contributed by atoms with van der Waals surface area (Å²) in [5.41, 5.74) is 8.09. The zero-order valence-corrected chi connectivity index (χ0v) is 11.5. The van der Waals surface area contributed by atoms with Crippen LogP contribution in [0.2, 0.25) is 0 Å². The second-order valence-electron chi connectivity index (χ2n) is 4.67. The Bertz CT molecular complexity index is 604. The van der Waals surface area contributed by atoms with Crippen molar-refractivity contribution in [2.24, 2.45) is 0 Å². The van der Waals surface area contributed by atoms with Gasteiger partial charge in [0.15, 0.2) is 0 Å². The SMILES string of the molecule is CCC(C)OC(=O)Cn1c(C)nc2c(N)cccc21. The topological polar surface area (TPSA) is 70.1 Å². The number of aryl methyl sites for hydroxylation is 1. The van der Waals surface area contributed by atoms with E-state index in [2.05, 4.69) is 4.98 Å². The molecule has 0 saturated carbocycles. The van der Waals surface area contributed by atoms with Crippen LogP contribution in [-0.4, -0.2) is 21.6 Å². The number of nitrogens with zero attached hydrogens (tertiary/aromatic N) is 2. The molecule has 2 rings (SSSR count). The highest BCUT2D eigenvalue weighted by molar-refractivity contribution is 5.88. The number of fused-ring (bicyclic) bond motifs is 1. The molecule has 0 fully saturated rings. The van der Waals surface area contributed by atoms with E-state index < -0.39 is 0 Å². The molecule has 19 heavy (non-hydrogen) atoms. The molecule has 0 radical (unpaired) electrons. The average Bonchev–Trinajstić information content (AvgIpc) is 2.68. The number of nitrogens with two attached hydrogens (primary N) is 1. The van der Waals surface area contributed by atoms with Crippen LogP contribution in [0.1, 0.15) is 26.1 Å². The lowest BCUT2D eigenvalue weighted by Crippen LogP contribution is -2.19. The minimum Gasteiger partial charge on any atom is -0.461 e. The maximum absolute atomic E-state index is 11.9. The maximum atomic E-state index is 11.9. The number of para-hydroxylation sites is 1. The number of rotatable bonds is 4. The molecule has 2 N–H and O–H groups in total. The Labute approximate surface area is 112 Å². The van der Waals surface area contributed by atoms with Gasteiger partial charge in [-0.05, 0) is 32.4 Å². The van der Waals surface area contributed by atoms with Gasteiger partial charge in [0.05, 0.1) is 17.3 Å². The summed E-state index contributed by atoms with van der Waals surface area (Å²) in [6.07, 6.45) is 0.746. The van der Waals surface area contributed by atoms with E-state index in [1.807, 2.05) is 37.5 Å². The Morgan fingerprint density at radius 2 is 2.26 bits per heavy atom. The lowest BCUT2D eigenvalue weighted by atomic mass is 10.3. The summed E-state index contributed by atoms with van der Waals surface area (Å²) in [7, 11) is 0. The van der Waals surface area contributed by atoms with Crippen molar-refractivity contribution in [2.45, 2.75) is 39.8 Å². The maximum Gasteiger partial charge on any atom is 0.326 e. The van der Waals surface area contributed by atoms with Crippen LogP contribution in [-0.2, 0) is 16.1 Å². The third-order valence-corrected chi connectivity index (χ3v) is 3.20. The molecule has 0 saturated heterocycles. The molecule has 5 nitrogen and oxygen atoms in total. The number of nitrogen functional groups attached to an aromatic ring is 1. The summed E-state index contributed by atoms with van der Waals surface area (Å²) in [5, 5.41) is 0. The molecule has 0 aliphatic carbocycles. The summed E-state index contributed by atoms with van der Waals surface area (Å²) in [4.78, 5) is 16.3. The lowest BCUT2D eigenvalue weighted by molar-refractivity contribution is -0.149. The quantitative estimate of drug-likeness (QED) is 0.677. The highest BCUT2D eigenvalue weighted by Crippen LogP contribution is 2.21. The first-order valence-electron chi connectivity index (χ1n) is 6.43. The number of esters is 1. The molecular formula is C14H19N3O2. The van der Waals surface area contributed by atoms with Crippen molar-refractivity contribution in [2.75, 3.05) is 5.73 Å². The van der Waals surface area contributed by atoms with Crippen molar-refractivity contribution in [1.29, 1.82) is 0 Å². The van der Waals surface area contributed by atoms with E-state index in [0.717, 1.165) is 23.3 Å². The number of anilines is 1. The summed E-state index contributed by atoms with van der Waals surface area (Å²) >= 11 is 0. The number of carbonyl (C=O) groups is 1. The van der Waals surface area contributed by atoms with Gasteiger partial charge in [-0.15, -0.1) is 0 Å². The van der Waals surface area contributed by atoms with E-state index in [1.165, 1.54) is 0 Å². The van der Waals surface area contributed by atoms with Crippen LogP contribution in [0.3, 0.4) is 0 Å². The van der Waals surface area contributed by atoms with Crippen LogP contribution in [0, 0.1) is 6.92 Å². The number of imidazole rings is 1. The number of ether oxygens (including phenoxy) is 1.